The van der Waals surface area contributed by atoms with Crippen molar-refractivity contribution in [1.29, 1.82) is 0 Å². The minimum atomic E-state index is -5.64. The van der Waals surface area contributed by atoms with Crippen molar-refractivity contribution in [2.75, 3.05) is 32.0 Å². The van der Waals surface area contributed by atoms with Crippen molar-refractivity contribution in [1.82, 2.24) is 24.4 Å². The van der Waals surface area contributed by atoms with E-state index >= 15 is 0 Å². The Bertz CT molecular complexity index is 1170. The highest BCUT2D eigenvalue weighted by atomic mass is 31.3. The summed E-state index contributed by atoms with van der Waals surface area (Å²) < 4.78 is 52.3. The van der Waals surface area contributed by atoms with Crippen molar-refractivity contribution >= 4 is 40.4 Å². The molecule has 3 heterocycles. The van der Waals surface area contributed by atoms with Crippen molar-refractivity contribution < 1.29 is 56.3 Å². The lowest BCUT2D eigenvalue weighted by Crippen LogP contribution is -2.26. The first-order valence-electron chi connectivity index (χ1n) is 10.9. The first-order valence-corrected chi connectivity index (χ1v) is 15.4. The van der Waals surface area contributed by atoms with Crippen molar-refractivity contribution in [2.24, 2.45) is 0 Å². The number of hydrogen-bond acceptors (Lipinski definition) is 13. The molecule has 2 aromatic heterocycles. The molecule has 2 aromatic rings. The SMILES string of the molecule is CCN(CC)CC.Nc1ncnc2c1ncn2[C@H]1C[C@H](O)[C@@H](COP(=O)(O)OP(=O)(O)OP(=O)(O)O)O1. The number of phosphoric ester groups is 1. The Labute approximate surface area is 211 Å². The van der Waals surface area contributed by atoms with Gasteiger partial charge in [-0.05, 0) is 19.6 Å². The van der Waals surface area contributed by atoms with Crippen LogP contribution in [0, 0.1) is 0 Å². The molecule has 1 saturated heterocycles. The summed E-state index contributed by atoms with van der Waals surface area (Å²) in [7, 11) is -16.5. The molecule has 1 aliphatic heterocycles. The summed E-state index contributed by atoms with van der Waals surface area (Å²) in [6.45, 7) is 9.34. The van der Waals surface area contributed by atoms with Gasteiger partial charge >= 0.3 is 23.5 Å². The molecule has 1 aliphatic rings. The summed E-state index contributed by atoms with van der Waals surface area (Å²) in [5.41, 5.74) is 6.31. The van der Waals surface area contributed by atoms with Crippen LogP contribution in [0.3, 0.4) is 0 Å². The van der Waals surface area contributed by atoms with E-state index in [1.807, 2.05) is 0 Å². The number of nitrogen functional groups attached to an aromatic ring is 1. The lowest BCUT2D eigenvalue weighted by molar-refractivity contribution is -0.0423. The van der Waals surface area contributed by atoms with Crippen LogP contribution in [0.5, 0.6) is 0 Å². The Kier molecular flexibility index (Phi) is 11.3. The predicted octanol–water partition coefficient (Wildman–Crippen LogP) is 0.748. The Morgan fingerprint density at radius 1 is 1.05 bits per heavy atom. The second-order valence-corrected chi connectivity index (χ2v) is 11.9. The summed E-state index contributed by atoms with van der Waals surface area (Å²) in [6.07, 6.45) is -0.643. The van der Waals surface area contributed by atoms with Gasteiger partial charge < -0.3 is 40.1 Å². The van der Waals surface area contributed by atoms with Crippen LogP contribution in [0.15, 0.2) is 12.7 Å². The van der Waals surface area contributed by atoms with E-state index in [0.717, 1.165) is 0 Å². The Morgan fingerprint density at radius 2 is 1.68 bits per heavy atom. The predicted molar refractivity (Wildman–Crippen MR) is 128 cm³/mol. The number of aliphatic hydroxyl groups excluding tert-OH is 1. The number of rotatable bonds is 11. The van der Waals surface area contributed by atoms with Crippen molar-refractivity contribution in [3.8, 4) is 0 Å². The van der Waals surface area contributed by atoms with Crippen LogP contribution >= 0.6 is 23.5 Å². The van der Waals surface area contributed by atoms with Gasteiger partial charge in [0, 0.05) is 6.42 Å². The quantitative estimate of drug-likeness (QED) is 0.197. The van der Waals surface area contributed by atoms with E-state index in [0.29, 0.717) is 11.2 Å². The normalized spacial score (nSPS) is 23.4. The highest BCUT2D eigenvalue weighted by molar-refractivity contribution is 7.66. The highest BCUT2D eigenvalue weighted by Crippen LogP contribution is 2.66. The van der Waals surface area contributed by atoms with Crippen LogP contribution in [0.1, 0.15) is 33.4 Å². The van der Waals surface area contributed by atoms with Crippen LogP contribution in [-0.4, -0.2) is 87.5 Å². The largest absolute Gasteiger partial charge is 0.490 e. The number of nitrogens with zero attached hydrogens (tertiary/aromatic N) is 5. The van der Waals surface area contributed by atoms with Gasteiger partial charge in [-0.2, -0.15) is 8.62 Å². The fraction of sp³-hybridized carbons (Fsp3) is 0.688. The number of nitrogens with two attached hydrogens (primary N) is 1. The van der Waals surface area contributed by atoms with Crippen LogP contribution < -0.4 is 5.73 Å². The molecular weight excluding hydrogens is 561 g/mol. The topological polar surface area (TPSA) is 262 Å². The molecule has 0 amide bonds. The van der Waals surface area contributed by atoms with Crippen molar-refractivity contribution in [3.05, 3.63) is 12.7 Å². The number of imidazole rings is 1. The molecule has 0 aromatic carbocycles. The van der Waals surface area contributed by atoms with E-state index in [2.05, 4.69) is 53.8 Å². The smallest absolute Gasteiger partial charge is 0.390 e. The number of anilines is 1. The fourth-order valence-electron chi connectivity index (χ4n) is 3.26. The number of ether oxygens (including phenoxy) is 1. The Hall–Kier alpha value is -1.36. The molecule has 7 N–H and O–H groups in total. The van der Waals surface area contributed by atoms with E-state index in [1.165, 1.54) is 36.9 Å². The standard InChI is InChI=1S/C10H16N5O12P3.C6H15N/c11-9-8-10(13-3-12-9)15(4-14-8)7-1-5(16)6(25-7)2-24-29(20,21)27-30(22,23)26-28(17,18)19;1-4-7(5-2)6-3/h3-7,16H,1-2H2,(H,20,21)(H,22,23)(H2,11,12,13)(H2,17,18,19);4-6H2,1-3H3/t5-,6+,7+;/m0./s1. The molecule has 18 nitrogen and oxygen atoms in total. The molecule has 2 unspecified atom stereocenters. The third-order valence-electron chi connectivity index (χ3n) is 5.06. The number of fused-ring (bicyclic) bond motifs is 1. The Morgan fingerprint density at radius 3 is 2.22 bits per heavy atom. The summed E-state index contributed by atoms with van der Waals surface area (Å²) in [6, 6.07) is 0. The second kappa shape index (κ2) is 13.1. The van der Waals surface area contributed by atoms with Gasteiger partial charge in [0.05, 0.1) is 19.0 Å². The highest BCUT2D eigenvalue weighted by Gasteiger charge is 2.43. The van der Waals surface area contributed by atoms with Crippen LogP contribution in [-0.2, 0) is 31.6 Å². The van der Waals surface area contributed by atoms with Gasteiger partial charge in [-0.3, -0.25) is 9.09 Å². The van der Waals surface area contributed by atoms with Crippen molar-refractivity contribution in [2.45, 2.75) is 45.6 Å². The fourth-order valence-corrected chi connectivity index (χ4v) is 6.29. The molecule has 5 atom stereocenters. The third-order valence-corrected chi connectivity index (χ3v) is 8.86. The molecule has 0 spiro atoms. The average molecular weight is 592 g/mol. The average Bonchev–Trinajstić information content (AvgIpc) is 3.35. The number of phosphoric acid groups is 3. The first-order chi connectivity index (χ1) is 17.1. The molecule has 0 saturated carbocycles. The minimum Gasteiger partial charge on any atom is -0.390 e. The number of aliphatic hydroxyl groups is 1. The van der Waals surface area contributed by atoms with Crippen LogP contribution in [0.25, 0.3) is 11.2 Å². The van der Waals surface area contributed by atoms with Gasteiger partial charge in [-0.25, -0.2) is 28.6 Å². The lowest BCUT2D eigenvalue weighted by Gasteiger charge is -2.19. The zero-order chi connectivity index (χ0) is 28.0. The summed E-state index contributed by atoms with van der Waals surface area (Å²) in [5.74, 6) is 0.126. The third kappa shape index (κ3) is 9.71. The summed E-state index contributed by atoms with van der Waals surface area (Å²) >= 11 is 0. The maximum Gasteiger partial charge on any atom is 0.490 e. The molecular formula is C16H31N6O12P3. The monoisotopic (exact) mass is 592 g/mol. The summed E-state index contributed by atoms with van der Waals surface area (Å²) in [4.78, 5) is 49.8. The molecule has 0 aliphatic carbocycles. The second-order valence-electron chi connectivity index (χ2n) is 7.52. The van der Waals surface area contributed by atoms with Gasteiger partial charge in [0.15, 0.2) is 11.5 Å². The molecule has 0 bridgehead atoms. The van der Waals surface area contributed by atoms with Crippen LogP contribution in [0.4, 0.5) is 5.82 Å². The molecule has 1 fully saturated rings. The van der Waals surface area contributed by atoms with E-state index in [-0.39, 0.29) is 12.2 Å². The van der Waals surface area contributed by atoms with Gasteiger partial charge in [0.1, 0.15) is 24.2 Å². The first kappa shape index (κ1) is 31.9. The van der Waals surface area contributed by atoms with Gasteiger partial charge in [-0.15, -0.1) is 0 Å². The van der Waals surface area contributed by atoms with Gasteiger partial charge in [0.25, 0.3) is 0 Å². The minimum absolute atomic E-state index is 0.000206. The molecule has 212 valence electrons. The maximum atomic E-state index is 11.8. The molecule has 21 heteroatoms. The van der Waals surface area contributed by atoms with Gasteiger partial charge in [-0.1, -0.05) is 20.8 Å². The lowest BCUT2D eigenvalue weighted by atomic mass is 10.2. The summed E-state index contributed by atoms with van der Waals surface area (Å²) in [5, 5.41) is 10.1. The molecule has 0 radical (unpaired) electrons. The van der Waals surface area contributed by atoms with Gasteiger partial charge in [0.2, 0.25) is 0 Å². The molecule has 37 heavy (non-hydrogen) atoms. The Balaban J connectivity index is 0.000000604. The van der Waals surface area contributed by atoms with E-state index in [1.54, 1.807) is 0 Å². The van der Waals surface area contributed by atoms with E-state index < -0.39 is 48.5 Å². The van der Waals surface area contributed by atoms with E-state index in [4.69, 9.17) is 25.2 Å². The zero-order valence-electron chi connectivity index (χ0n) is 20.2. The number of aromatic nitrogens is 4. The number of hydrogen-bond donors (Lipinski definition) is 6. The maximum absolute atomic E-state index is 11.8. The van der Waals surface area contributed by atoms with Crippen LogP contribution in [0.2, 0.25) is 0 Å². The molecule has 3 rings (SSSR count). The zero-order valence-corrected chi connectivity index (χ0v) is 22.9. The van der Waals surface area contributed by atoms with Crippen molar-refractivity contribution in [3.63, 3.8) is 0 Å². The van der Waals surface area contributed by atoms with E-state index in [9.17, 15) is 23.7 Å².